The van der Waals surface area contributed by atoms with Gasteiger partial charge in [0.05, 0.1) is 17.6 Å². The SMILES string of the molecule is CCc1ccc2c(c1)c1nc(C)sc1n2Cc1ccc(OC)cc1. The third kappa shape index (κ3) is 2.47. The molecular formula is C20H20N2OS. The summed E-state index contributed by atoms with van der Waals surface area (Å²) < 4.78 is 7.64. The minimum Gasteiger partial charge on any atom is -0.497 e. The molecule has 24 heavy (non-hydrogen) atoms. The molecule has 0 aliphatic rings. The fourth-order valence-electron chi connectivity index (χ4n) is 3.18. The van der Waals surface area contributed by atoms with Gasteiger partial charge in [0, 0.05) is 11.9 Å². The van der Waals surface area contributed by atoms with E-state index in [2.05, 4.69) is 48.7 Å². The van der Waals surface area contributed by atoms with E-state index >= 15 is 0 Å². The van der Waals surface area contributed by atoms with E-state index in [0.29, 0.717) is 0 Å². The lowest BCUT2D eigenvalue weighted by atomic mass is 10.1. The molecule has 0 spiro atoms. The zero-order chi connectivity index (χ0) is 16.7. The van der Waals surface area contributed by atoms with Gasteiger partial charge in [-0.1, -0.05) is 25.1 Å². The zero-order valence-electron chi connectivity index (χ0n) is 14.2. The molecule has 2 aromatic heterocycles. The van der Waals surface area contributed by atoms with Crippen LogP contribution in [0.2, 0.25) is 0 Å². The van der Waals surface area contributed by atoms with Crippen molar-refractivity contribution in [3.05, 3.63) is 58.6 Å². The number of hydrogen-bond donors (Lipinski definition) is 0. The van der Waals surface area contributed by atoms with Crippen molar-refractivity contribution in [2.45, 2.75) is 26.8 Å². The van der Waals surface area contributed by atoms with E-state index in [1.54, 1.807) is 18.4 Å². The standard InChI is InChI=1S/C20H20N2OS/c1-4-14-7-10-18-17(11-14)19-20(24-13(2)21-19)22(18)12-15-5-8-16(23-3)9-6-15/h5-11H,4,12H2,1-3H3. The molecule has 122 valence electrons. The number of benzene rings is 2. The number of thiazole rings is 1. The Labute approximate surface area is 145 Å². The summed E-state index contributed by atoms with van der Waals surface area (Å²) in [6.45, 7) is 5.12. The van der Waals surface area contributed by atoms with Gasteiger partial charge in [0.1, 0.15) is 16.1 Å². The molecule has 2 heterocycles. The molecule has 0 saturated carbocycles. The van der Waals surface area contributed by atoms with E-state index in [1.165, 1.54) is 26.9 Å². The summed E-state index contributed by atoms with van der Waals surface area (Å²) >= 11 is 1.77. The number of methoxy groups -OCH3 is 1. The lowest BCUT2D eigenvalue weighted by Crippen LogP contribution is -1.98. The molecule has 2 aromatic carbocycles. The predicted octanol–water partition coefficient (Wildman–Crippen LogP) is 5.18. The molecule has 0 bridgehead atoms. The van der Waals surface area contributed by atoms with Crippen molar-refractivity contribution in [1.29, 1.82) is 0 Å². The van der Waals surface area contributed by atoms with Crippen LogP contribution < -0.4 is 4.74 Å². The van der Waals surface area contributed by atoms with Crippen molar-refractivity contribution in [2.75, 3.05) is 7.11 Å². The molecular weight excluding hydrogens is 316 g/mol. The topological polar surface area (TPSA) is 27.1 Å². The van der Waals surface area contributed by atoms with Crippen LogP contribution in [0.1, 0.15) is 23.1 Å². The molecule has 4 heteroatoms. The van der Waals surface area contributed by atoms with E-state index in [1.807, 2.05) is 12.1 Å². The second-order valence-corrected chi connectivity index (χ2v) is 7.21. The first-order chi connectivity index (χ1) is 11.7. The monoisotopic (exact) mass is 336 g/mol. The Balaban J connectivity index is 1.88. The second kappa shape index (κ2) is 5.95. The lowest BCUT2D eigenvalue weighted by Gasteiger charge is -2.08. The molecule has 3 nitrogen and oxygen atoms in total. The molecule has 0 aliphatic heterocycles. The van der Waals surface area contributed by atoms with Crippen LogP contribution in [0.15, 0.2) is 42.5 Å². The second-order valence-electron chi connectivity index (χ2n) is 6.03. The van der Waals surface area contributed by atoms with E-state index in [-0.39, 0.29) is 0 Å². The van der Waals surface area contributed by atoms with Crippen LogP contribution in [-0.2, 0) is 13.0 Å². The number of fused-ring (bicyclic) bond motifs is 3. The number of hydrogen-bond acceptors (Lipinski definition) is 3. The first-order valence-electron chi connectivity index (χ1n) is 8.20. The normalized spacial score (nSPS) is 11.5. The molecule has 0 fully saturated rings. The molecule has 0 amide bonds. The van der Waals surface area contributed by atoms with Crippen LogP contribution in [0.25, 0.3) is 21.3 Å². The zero-order valence-corrected chi connectivity index (χ0v) is 15.0. The van der Waals surface area contributed by atoms with Gasteiger partial charge in [-0.15, -0.1) is 11.3 Å². The van der Waals surface area contributed by atoms with Gasteiger partial charge in [-0.05, 0) is 48.7 Å². The van der Waals surface area contributed by atoms with Crippen molar-refractivity contribution in [3.8, 4) is 5.75 Å². The Hall–Kier alpha value is -2.33. The predicted molar refractivity (Wildman–Crippen MR) is 101 cm³/mol. The van der Waals surface area contributed by atoms with E-state index in [0.717, 1.165) is 29.2 Å². The van der Waals surface area contributed by atoms with Gasteiger partial charge in [0.25, 0.3) is 0 Å². The molecule has 0 unspecified atom stereocenters. The summed E-state index contributed by atoms with van der Waals surface area (Å²) in [5.74, 6) is 0.891. The molecule has 4 rings (SSSR count). The molecule has 0 radical (unpaired) electrons. The van der Waals surface area contributed by atoms with Crippen molar-refractivity contribution in [3.63, 3.8) is 0 Å². The number of aryl methyl sites for hydroxylation is 2. The largest absolute Gasteiger partial charge is 0.497 e. The third-order valence-electron chi connectivity index (χ3n) is 4.48. The summed E-state index contributed by atoms with van der Waals surface area (Å²) in [5.41, 5.74) is 5.02. The van der Waals surface area contributed by atoms with Crippen LogP contribution in [0.3, 0.4) is 0 Å². The van der Waals surface area contributed by atoms with Gasteiger partial charge in [0.2, 0.25) is 0 Å². The van der Waals surface area contributed by atoms with Gasteiger partial charge in [-0.2, -0.15) is 0 Å². The van der Waals surface area contributed by atoms with Gasteiger partial charge in [0.15, 0.2) is 0 Å². The highest BCUT2D eigenvalue weighted by Gasteiger charge is 2.15. The first-order valence-corrected chi connectivity index (χ1v) is 9.02. The van der Waals surface area contributed by atoms with Crippen LogP contribution in [0, 0.1) is 6.92 Å². The smallest absolute Gasteiger partial charge is 0.124 e. The van der Waals surface area contributed by atoms with Crippen molar-refractivity contribution in [1.82, 2.24) is 9.55 Å². The van der Waals surface area contributed by atoms with Crippen molar-refractivity contribution in [2.24, 2.45) is 0 Å². The Morgan fingerprint density at radius 1 is 1.08 bits per heavy atom. The summed E-state index contributed by atoms with van der Waals surface area (Å²) in [6, 6.07) is 15.1. The Morgan fingerprint density at radius 2 is 1.83 bits per heavy atom. The number of nitrogens with zero attached hydrogens (tertiary/aromatic N) is 2. The Bertz CT molecular complexity index is 1010. The minimum atomic E-state index is 0.844. The van der Waals surface area contributed by atoms with Crippen LogP contribution in [-0.4, -0.2) is 16.7 Å². The molecule has 4 aromatic rings. The maximum absolute atomic E-state index is 5.26. The fourth-order valence-corrected chi connectivity index (χ4v) is 4.12. The number of rotatable bonds is 4. The molecule has 0 aliphatic carbocycles. The quantitative estimate of drug-likeness (QED) is 0.513. The van der Waals surface area contributed by atoms with E-state index in [4.69, 9.17) is 9.72 Å². The number of ether oxygens (including phenoxy) is 1. The Morgan fingerprint density at radius 3 is 2.54 bits per heavy atom. The Kier molecular flexibility index (Phi) is 3.77. The average molecular weight is 336 g/mol. The molecule has 0 saturated heterocycles. The van der Waals surface area contributed by atoms with Crippen LogP contribution in [0.5, 0.6) is 5.75 Å². The third-order valence-corrected chi connectivity index (χ3v) is 5.47. The van der Waals surface area contributed by atoms with Gasteiger partial charge < -0.3 is 9.30 Å². The van der Waals surface area contributed by atoms with Gasteiger partial charge >= 0.3 is 0 Å². The fraction of sp³-hybridized carbons (Fsp3) is 0.250. The lowest BCUT2D eigenvalue weighted by molar-refractivity contribution is 0.414. The number of aromatic nitrogens is 2. The highest BCUT2D eigenvalue weighted by molar-refractivity contribution is 7.18. The summed E-state index contributed by atoms with van der Waals surface area (Å²) in [4.78, 5) is 6.04. The van der Waals surface area contributed by atoms with Crippen molar-refractivity contribution >= 4 is 32.6 Å². The highest BCUT2D eigenvalue weighted by atomic mass is 32.1. The highest BCUT2D eigenvalue weighted by Crippen LogP contribution is 2.34. The van der Waals surface area contributed by atoms with Crippen LogP contribution in [0.4, 0.5) is 0 Å². The average Bonchev–Trinajstić information content (AvgIpc) is 3.12. The van der Waals surface area contributed by atoms with Gasteiger partial charge in [-0.25, -0.2) is 4.98 Å². The van der Waals surface area contributed by atoms with Gasteiger partial charge in [-0.3, -0.25) is 0 Å². The first kappa shape index (κ1) is 15.2. The van der Waals surface area contributed by atoms with E-state index < -0.39 is 0 Å². The minimum absolute atomic E-state index is 0.844. The summed E-state index contributed by atoms with van der Waals surface area (Å²) in [6.07, 6.45) is 1.05. The maximum atomic E-state index is 5.26. The molecule has 0 N–H and O–H groups in total. The maximum Gasteiger partial charge on any atom is 0.124 e. The van der Waals surface area contributed by atoms with Crippen molar-refractivity contribution < 1.29 is 4.74 Å². The van der Waals surface area contributed by atoms with E-state index in [9.17, 15) is 0 Å². The van der Waals surface area contributed by atoms with Crippen LogP contribution >= 0.6 is 11.3 Å². The molecule has 0 atom stereocenters. The summed E-state index contributed by atoms with van der Waals surface area (Å²) in [5, 5.41) is 2.38. The summed E-state index contributed by atoms with van der Waals surface area (Å²) in [7, 11) is 1.70.